The SMILES string of the molecule is CN[C@H]1CC[C@H](N(Cc2cc(-c3cnccn3)ccc2OC)C(=O)c2sc3ccccc3c2Cl)CC1. The Morgan fingerprint density at radius 3 is 2.67 bits per heavy atom. The minimum atomic E-state index is -0.0268. The van der Waals surface area contributed by atoms with E-state index in [1.807, 2.05) is 48.3 Å². The Bertz CT molecular complexity index is 1350. The number of hydrogen-bond donors (Lipinski definition) is 1. The van der Waals surface area contributed by atoms with Gasteiger partial charge < -0.3 is 15.0 Å². The fraction of sp³-hybridized carbons (Fsp3) is 0.321. The van der Waals surface area contributed by atoms with Crippen molar-refractivity contribution in [3.63, 3.8) is 0 Å². The van der Waals surface area contributed by atoms with E-state index in [0.29, 0.717) is 22.5 Å². The predicted molar refractivity (Wildman–Crippen MR) is 146 cm³/mol. The van der Waals surface area contributed by atoms with Gasteiger partial charge in [-0.1, -0.05) is 29.8 Å². The highest BCUT2D eigenvalue weighted by Crippen LogP contribution is 2.38. The number of methoxy groups -OCH3 is 1. The molecule has 0 radical (unpaired) electrons. The van der Waals surface area contributed by atoms with E-state index >= 15 is 0 Å². The Labute approximate surface area is 220 Å². The number of rotatable bonds is 7. The Kier molecular flexibility index (Phi) is 7.51. The number of thiophene rings is 1. The lowest BCUT2D eigenvalue weighted by Crippen LogP contribution is -2.44. The Morgan fingerprint density at radius 2 is 1.97 bits per heavy atom. The Hall–Kier alpha value is -3.00. The van der Waals surface area contributed by atoms with Gasteiger partial charge in [-0.05, 0) is 57.0 Å². The molecule has 8 heteroatoms. The number of fused-ring (bicyclic) bond motifs is 1. The largest absolute Gasteiger partial charge is 0.496 e. The van der Waals surface area contributed by atoms with Crippen LogP contribution in [0.2, 0.25) is 5.02 Å². The summed E-state index contributed by atoms with van der Waals surface area (Å²) in [5.74, 6) is 0.716. The third kappa shape index (κ3) is 4.96. The summed E-state index contributed by atoms with van der Waals surface area (Å²) in [6.45, 7) is 0.426. The molecule has 0 spiro atoms. The molecule has 0 atom stereocenters. The first kappa shape index (κ1) is 24.7. The molecule has 1 fully saturated rings. The third-order valence-corrected chi connectivity index (χ3v) is 8.68. The van der Waals surface area contributed by atoms with Crippen molar-refractivity contribution in [2.45, 2.75) is 44.3 Å². The zero-order valence-corrected chi connectivity index (χ0v) is 22.0. The van der Waals surface area contributed by atoms with E-state index in [-0.39, 0.29) is 11.9 Å². The molecule has 1 saturated carbocycles. The smallest absolute Gasteiger partial charge is 0.266 e. The van der Waals surface area contributed by atoms with Gasteiger partial charge in [-0.15, -0.1) is 11.3 Å². The molecular weight excluding hydrogens is 492 g/mol. The molecule has 36 heavy (non-hydrogen) atoms. The van der Waals surface area contributed by atoms with Crippen LogP contribution in [-0.2, 0) is 6.54 Å². The Balaban J connectivity index is 1.53. The van der Waals surface area contributed by atoms with Crippen molar-refractivity contribution in [2.75, 3.05) is 14.2 Å². The zero-order valence-electron chi connectivity index (χ0n) is 20.4. The maximum atomic E-state index is 14.1. The van der Waals surface area contributed by atoms with Crippen LogP contribution in [0.1, 0.15) is 40.9 Å². The summed E-state index contributed by atoms with van der Waals surface area (Å²) in [6.07, 6.45) is 9.01. The molecule has 2 heterocycles. The molecule has 0 unspecified atom stereocenters. The number of nitrogens with one attached hydrogen (secondary N) is 1. The number of amides is 1. The van der Waals surface area contributed by atoms with Crippen LogP contribution in [0.3, 0.4) is 0 Å². The first-order chi connectivity index (χ1) is 17.6. The van der Waals surface area contributed by atoms with E-state index in [1.54, 1.807) is 25.7 Å². The number of aromatic nitrogens is 2. The second-order valence-electron chi connectivity index (χ2n) is 9.09. The summed E-state index contributed by atoms with van der Waals surface area (Å²) in [5, 5.41) is 4.85. The monoisotopic (exact) mass is 520 g/mol. The summed E-state index contributed by atoms with van der Waals surface area (Å²) in [5.41, 5.74) is 2.65. The summed E-state index contributed by atoms with van der Waals surface area (Å²) >= 11 is 8.23. The van der Waals surface area contributed by atoms with Crippen LogP contribution in [0.15, 0.2) is 61.1 Å². The van der Waals surface area contributed by atoms with Crippen molar-refractivity contribution in [3.8, 4) is 17.0 Å². The number of ether oxygens (including phenoxy) is 1. The quantitative estimate of drug-likeness (QED) is 0.314. The molecule has 1 aliphatic carbocycles. The highest BCUT2D eigenvalue weighted by molar-refractivity contribution is 7.21. The summed E-state index contributed by atoms with van der Waals surface area (Å²) in [4.78, 5) is 25.4. The number of carbonyl (C=O) groups is 1. The van der Waals surface area contributed by atoms with Gasteiger partial charge >= 0.3 is 0 Å². The standard InChI is InChI=1S/C28H29ClN4O2S/c1-30-20-8-10-21(11-9-20)33(28(34)27-26(29)22-5-3-4-6-25(22)36-27)17-19-15-18(7-12-24(19)35-2)23-16-31-13-14-32-23/h3-7,12-16,20-21,30H,8-11,17H2,1-2H3/t20-,21-. The number of benzene rings is 2. The predicted octanol–water partition coefficient (Wildman–Crippen LogP) is 6.19. The number of halogens is 1. The average Bonchev–Trinajstić information content (AvgIpc) is 3.28. The number of nitrogens with zero attached hydrogens (tertiary/aromatic N) is 3. The van der Waals surface area contributed by atoms with E-state index < -0.39 is 0 Å². The van der Waals surface area contributed by atoms with Crippen LogP contribution < -0.4 is 10.1 Å². The van der Waals surface area contributed by atoms with E-state index in [9.17, 15) is 4.79 Å². The first-order valence-corrected chi connectivity index (χ1v) is 13.4. The van der Waals surface area contributed by atoms with Gasteiger partial charge in [0, 0.05) is 52.2 Å². The van der Waals surface area contributed by atoms with E-state index in [2.05, 4.69) is 21.4 Å². The van der Waals surface area contributed by atoms with Crippen molar-refractivity contribution in [1.29, 1.82) is 0 Å². The van der Waals surface area contributed by atoms with Gasteiger partial charge in [0.15, 0.2) is 0 Å². The fourth-order valence-corrected chi connectivity index (χ4v) is 6.49. The van der Waals surface area contributed by atoms with Crippen LogP contribution >= 0.6 is 22.9 Å². The molecule has 1 amide bonds. The number of hydrogen-bond acceptors (Lipinski definition) is 6. The van der Waals surface area contributed by atoms with Crippen LogP contribution in [0.25, 0.3) is 21.3 Å². The molecule has 4 aromatic rings. The maximum absolute atomic E-state index is 14.1. The molecule has 5 rings (SSSR count). The molecule has 186 valence electrons. The van der Waals surface area contributed by atoms with Crippen LogP contribution in [-0.4, -0.2) is 47.0 Å². The molecule has 0 bridgehead atoms. The highest BCUT2D eigenvalue weighted by atomic mass is 35.5. The first-order valence-electron chi connectivity index (χ1n) is 12.2. The van der Waals surface area contributed by atoms with Gasteiger partial charge in [-0.25, -0.2) is 0 Å². The van der Waals surface area contributed by atoms with Crippen LogP contribution in [0, 0.1) is 0 Å². The van der Waals surface area contributed by atoms with E-state index in [0.717, 1.165) is 58.3 Å². The lowest BCUT2D eigenvalue weighted by Gasteiger charge is -2.37. The summed E-state index contributed by atoms with van der Waals surface area (Å²) in [7, 11) is 3.67. The van der Waals surface area contributed by atoms with Gasteiger partial charge in [0.1, 0.15) is 10.6 Å². The minimum absolute atomic E-state index is 0.0268. The fourth-order valence-electron chi connectivity index (χ4n) is 5.02. The maximum Gasteiger partial charge on any atom is 0.266 e. The summed E-state index contributed by atoms with van der Waals surface area (Å²) in [6, 6.07) is 14.5. The average molecular weight is 521 g/mol. The minimum Gasteiger partial charge on any atom is -0.496 e. The van der Waals surface area contributed by atoms with Gasteiger partial charge in [0.2, 0.25) is 0 Å². The van der Waals surface area contributed by atoms with Gasteiger partial charge in [0.05, 0.1) is 24.0 Å². The lowest BCUT2D eigenvalue weighted by molar-refractivity contribution is 0.0604. The van der Waals surface area contributed by atoms with Crippen LogP contribution in [0.4, 0.5) is 0 Å². The normalized spacial score (nSPS) is 17.8. The molecular formula is C28H29ClN4O2S. The zero-order chi connectivity index (χ0) is 25.1. The second kappa shape index (κ2) is 10.9. The molecule has 2 aromatic carbocycles. The molecule has 2 aromatic heterocycles. The number of carbonyl (C=O) groups excluding carboxylic acids is 1. The molecule has 1 N–H and O–H groups in total. The molecule has 0 aliphatic heterocycles. The van der Waals surface area contributed by atoms with Crippen molar-refractivity contribution in [3.05, 3.63) is 76.5 Å². The Morgan fingerprint density at radius 1 is 1.17 bits per heavy atom. The van der Waals surface area contributed by atoms with Crippen molar-refractivity contribution < 1.29 is 9.53 Å². The van der Waals surface area contributed by atoms with Gasteiger partial charge in [0.25, 0.3) is 5.91 Å². The van der Waals surface area contributed by atoms with Crippen molar-refractivity contribution >= 4 is 38.9 Å². The third-order valence-electron chi connectivity index (χ3n) is 7.02. The van der Waals surface area contributed by atoms with E-state index in [1.165, 1.54) is 11.3 Å². The van der Waals surface area contributed by atoms with Gasteiger partial charge in [-0.2, -0.15) is 0 Å². The van der Waals surface area contributed by atoms with Crippen LogP contribution in [0.5, 0.6) is 5.75 Å². The van der Waals surface area contributed by atoms with Crippen molar-refractivity contribution in [2.24, 2.45) is 0 Å². The second-order valence-corrected chi connectivity index (χ2v) is 10.5. The topological polar surface area (TPSA) is 67.3 Å². The van der Waals surface area contributed by atoms with Gasteiger partial charge in [-0.3, -0.25) is 14.8 Å². The lowest BCUT2D eigenvalue weighted by atomic mass is 9.89. The summed E-state index contributed by atoms with van der Waals surface area (Å²) < 4.78 is 6.73. The highest BCUT2D eigenvalue weighted by Gasteiger charge is 2.32. The molecule has 6 nitrogen and oxygen atoms in total. The van der Waals surface area contributed by atoms with Crippen molar-refractivity contribution in [1.82, 2.24) is 20.2 Å². The molecule has 0 saturated heterocycles. The molecule has 1 aliphatic rings. The van der Waals surface area contributed by atoms with E-state index in [4.69, 9.17) is 16.3 Å².